The molecule has 0 bridgehead atoms. The Kier molecular flexibility index (Phi) is 10.2. The van der Waals surface area contributed by atoms with E-state index in [9.17, 15) is 59.0 Å². The van der Waals surface area contributed by atoms with Gasteiger partial charge in [-0.1, -0.05) is 6.92 Å². The summed E-state index contributed by atoms with van der Waals surface area (Å²) in [5.41, 5.74) is -18.0. The maximum Gasteiger partial charge on any atom is 0.398 e. The second kappa shape index (κ2) is 11.5. The van der Waals surface area contributed by atoms with Gasteiger partial charge in [-0.2, -0.15) is 30.0 Å². The zero-order valence-corrected chi connectivity index (χ0v) is 29.4. The minimum atomic E-state index is -5.36. The minimum Gasteiger partial charge on any atom is -0.475 e. The molecular formula is C24H43NO18S3. The summed E-state index contributed by atoms with van der Waals surface area (Å²) in [4.78, 5) is 12.0. The van der Waals surface area contributed by atoms with Gasteiger partial charge in [0.1, 0.15) is 11.2 Å². The van der Waals surface area contributed by atoms with Crippen LogP contribution in [0.4, 0.5) is 0 Å². The minimum absolute atomic E-state index is 0.386. The van der Waals surface area contributed by atoms with Gasteiger partial charge in [0.2, 0.25) is 5.76 Å². The van der Waals surface area contributed by atoms with Crippen LogP contribution in [0, 0.1) is 5.41 Å². The van der Waals surface area contributed by atoms with Crippen molar-refractivity contribution in [2.75, 3.05) is 19.8 Å². The van der Waals surface area contributed by atoms with E-state index in [1.165, 1.54) is 34.6 Å². The highest BCUT2D eigenvalue weighted by atomic mass is 32.3. The van der Waals surface area contributed by atoms with Crippen LogP contribution >= 0.6 is 0 Å². The van der Waals surface area contributed by atoms with Crippen LogP contribution in [0.3, 0.4) is 0 Å². The molecule has 1 fully saturated rings. The largest absolute Gasteiger partial charge is 0.475 e. The van der Waals surface area contributed by atoms with E-state index in [-0.39, 0.29) is 5.57 Å². The van der Waals surface area contributed by atoms with Crippen LogP contribution in [0.1, 0.15) is 69.2 Å². The first-order valence-electron chi connectivity index (χ1n) is 13.4. The third kappa shape index (κ3) is 6.69. The highest BCUT2D eigenvalue weighted by molar-refractivity contribution is 7.83. The Labute approximate surface area is 268 Å². The van der Waals surface area contributed by atoms with Crippen molar-refractivity contribution >= 4 is 37.1 Å². The van der Waals surface area contributed by atoms with E-state index in [0.717, 1.165) is 34.6 Å². The van der Waals surface area contributed by atoms with Crippen molar-refractivity contribution in [1.82, 2.24) is 4.72 Å². The van der Waals surface area contributed by atoms with Crippen LogP contribution in [0.15, 0.2) is 11.3 Å². The van der Waals surface area contributed by atoms with E-state index in [1.807, 2.05) is 4.72 Å². The number of nitrogens with one attached hydrogen (secondary N) is 1. The number of ether oxygens (including phenoxy) is 3. The lowest BCUT2D eigenvalue weighted by Gasteiger charge is -2.68. The zero-order valence-electron chi connectivity index (χ0n) is 26.9. The van der Waals surface area contributed by atoms with Crippen molar-refractivity contribution in [3.63, 3.8) is 0 Å². The molecule has 2 heterocycles. The predicted molar refractivity (Wildman–Crippen MR) is 155 cm³/mol. The molecule has 0 amide bonds. The van der Waals surface area contributed by atoms with Crippen molar-refractivity contribution in [2.45, 2.75) is 108 Å². The van der Waals surface area contributed by atoms with E-state index >= 15 is 0 Å². The molecule has 270 valence electrons. The molecule has 2 rings (SSSR count). The number of carbonyl (C=O) groups is 1. The highest BCUT2D eigenvalue weighted by Crippen LogP contribution is 2.59. The standard InChI is InChI=1S/C24H43NO18S3/c1-14-15(16(26)27)41-20(6,24(10,21(14,7)28)43-46(36,37)38)12-39-11-18(4)19(5,13-40-45(33,34)35)42-17(2,3)22(8,23(18,9)29)25-44(30,31)32/h25,28-29H,11-13H2,1-10H3,(H,26,27)(H,30,31,32)(H,33,34,35)(H,36,37,38). The van der Waals surface area contributed by atoms with Gasteiger partial charge in [-0.3, -0.25) is 13.7 Å². The quantitative estimate of drug-likeness (QED) is 0.128. The fraction of sp³-hybridized carbons (Fsp3) is 0.875. The third-order valence-corrected chi connectivity index (χ3v) is 11.9. The van der Waals surface area contributed by atoms with Crippen molar-refractivity contribution in [2.24, 2.45) is 5.41 Å². The summed E-state index contributed by atoms with van der Waals surface area (Å²) in [5.74, 6) is -2.48. The van der Waals surface area contributed by atoms with Gasteiger partial charge in [-0.25, -0.2) is 13.2 Å². The van der Waals surface area contributed by atoms with Gasteiger partial charge >= 0.3 is 37.1 Å². The normalized spacial score (nSPS) is 40.4. The first kappa shape index (κ1) is 40.6. The number of carboxylic acid groups (broad SMARTS) is 1. The van der Waals surface area contributed by atoms with Crippen molar-refractivity contribution in [3.05, 3.63) is 11.3 Å². The molecule has 0 saturated carbocycles. The van der Waals surface area contributed by atoms with Crippen LogP contribution in [0.2, 0.25) is 0 Å². The average Bonchev–Trinajstić information content (AvgIpc) is 2.80. The molecule has 7 atom stereocenters. The Balaban J connectivity index is 2.76. The highest BCUT2D eigenvalue weighted by Gasteiger charge is 2.74. The lowest BCUT2D eigenvalue weighted by Crippen LogP contribution is -2.85. The maximum atomic E-state index is 12.2. The SMILES string of the molecule is CC1=C(C(=O)O)OC(C)(COCC2(C)C(C)(COS(=O)(=O)O)OC(C)(C)C(C)(NS(=O)(=O)O)C2(C)O)C(C)(OS(=O)(=O)O)C1(C)O. The topological polar surface area (TPSA) is 299 Å². The molecule has 19 nitrogen and oxygen atoms in total. The summed E-state index contributed by atoms with van der Waals surface area (Å²) >= 11 is 0. The fourth-order valence-corrected chi connectivity index (χ4v) is 8.37. The molecule has 0 aromatic rings. The summed E-state index contributed by atoms with van der Waals surface area (Å²) < 4.78 is 129. The number of rotatable bonds is 12. The Morgan fingerprint density at radius 2 is 1.30 bits per heavy atom. The number of carboxylic acids is 1. The van der Waals surface area contributed by atoms with Crippen LogP contribution in [0.25, 0.3) is 0 Å². The first-order chi connectivity index (χ1) is 20.0. The molecule has 0 radical (unpaired) electrons. The smallest absolute Gasteiger partial charge is 0.398 e. The summed E-state index contributed by atoms with van der Waals surface area (Å²) in [6, 6.07) is 0. The van der Waals surface area contributed by atoms with E-state index in [1.54, 1.807) is 0 Å². The molecule has 0 aliphatic carbocycles. The number of aliphatic carboxylic acids is 1. The van der Waals surface area contributed by atoms with Crippen LogP contribution < -0.4 is 4.72 Å². The maximum absolute atomic E-state index is 12.2. The molecule has 2 aliphatic heterocycles. The van der Waals surface area contributed by atoms with Gasteiger partial charge < -0.3 is 29.5 Å². The molecule has 0 spiro atoms. The monoisotopic (exact) mass is 729 g/mol. The predicted octanol–water partition coefficient (Wildman–Crippen LogP) is -0.225. The second-order valence-corrected chi connectivity index (χ2v) is 16.6. The molecular weight excluding hydrogens is 686 g/mol. The van der Waals surface area contributed by atoms with Gasteiger partial charge in [0.05, 0.1) is 42.0 Å². The summed E-state index contributed by atoms with van der Waals surface area (Å²) in [6.45, 7) is 8.96. The molecule has 1 saturated heterocycles. The molecule has 46 heavy (non-hydrogen) atoms. The van der Waals surface area contributed by atoms with Crippen molar-refractivity contribution < 1.29 is 81.6 Å². The molecule has 7 unspecified atom stereocenters. The van der Waals surface area contributed by atoms with E-state index < -0.39 is 107 Å². The summed E-state index contributed by atoms with van der Waals surface area (Å²) in [6.07, 6.45) is 0. The van der Waals surface area contributed by atoms with E-state index in [0.29, 0.717) is 0 Å². The van der Waals surface area contributed by atoms with Gasteiger partial charge in [0, 0.05) is 5.57 Å². The van der Waals surface area contributed by atoms with E-state index in [4.69, 9.17) is 18.4 Å². The first-order valence-corrected chi connectivity index (χ1v) is 17.6. The third-order valence-electron chi connectivity index (χ3n) is 10.3. The van der Waals surface area contributed by atoms with Gasteiger partial charge in [-0.15, -0.1) is 0 Å². The number of hydrogen-bond donors (Lipinski definition) is 7. The Morgan fingerprint density at radius 3 is 1.72 bits per heavy atom. The summed E-state index contributed by atoms with van der Waals surface area (Å²) in [5, 5.41) is 33.4. The Morgan fingerprint density at radius 1 is 0.804 bits per heavy atom. The zero-order chi connectivity index (χ0) is 36.6. The fourth-order valence-electron chi connectivity index (χ4n) is 6.27. The Hall–Kier alpha value is -1.54. The molecule has 0 aromatic carbocycles. The summed E-state index contributed by atoms with van der Waals surface area (Å²) in [7, 11) is -15.5. The molecule has 2 aliphatic rings. The van der Waals surface area contributed by atoms with Crippen LogP contribution in [-0.4, -0.2) is 119 Å². The van der Waals surface area contributed by atoms with Gasteiger partial charge in [-0.05, 0) is 62.3 Å². The van der Waals surface area contributed by atoms with Crippen LogP contribution in [0.5, 0.6) is 0 Å². The molecule has 0 aromatic heterocycles. The van der Waals surface area contributed by atoms with Gasteiger partial charge in [0.25, 0.3) is 0 Å². The lowest BCUT2D eigenvalue weighted by atomic mass is 9.52. The van der Waals surface area contributed by atoms with Gasteiger partial charge in [0.15, 0.2) is 11.2 Å². The van der Waals surface area contributed by atoms with Crippen molar-refractivity contribution in [3.8, 4) is 0 Å². The average molecular weight is 730 g/mol. The van der Waals surface area contributed by atoms with Crippen molar-refractivity contribution in [1.29, 1.82) is 0 Å². The Bertz CT molecular complexity index is 1600. The lowest BCUT2D eigenvalue weighted by molar-refractivity contribution is -0.352. The molecule has 22 heteroatoms. The number of hydrogen-bond acceptors (Lipinski definition) is 14. The van der Waals surface area contributed by atoms with E-state index in [2.05, 4.69) is 4.18 Å². The second-order valence-electron chi connectivity index (χ2n) is 13.3. The molecule has 7 N–H and O–H groups in total. The van der Waals surface area contributed by atoms with Crippen LogP contribution in [-0.2, 0) is 58.5 Å². The number of aliphatic hydroxyl groups is 2.